The Hall–Kier alpha value is -1.06. The monoisotopic (exact) mass is 258 g/mol. The van der Waals surface area contributed by atoms with Gasteiger partial charge in [-0.25, -0.2) is 5.43 Å². The lowest BCUT2D eigenvalue weighted by Crippen LogP contribution is -2.16. The Bertz CT molecular complexity index is 430. The van der Waals surface area contributed by atoms with Crippen LogP contribution < -0.4 is 5.43 Å². The molecule has 1 amide bonds. The Balaban J connectivity index is 2.99. The van der Waals surface area contributed by atoms with Gasteiger partial charge in [-0.3, -0.25) is 4.79 Å². The van der Waals surface area contributed by atoms with Gasteiger partial charge in [-0.1, -0.05) is 36.2 Å². The molecule has 0 fully saturated rings. The number of hydrazone groups is 1. The topological polar surface area (TPSA) is 41.5 Å². The molecule has 0 heterocycles. The maximum Gasteiger partial charge on any atom is 0.236 e. The van der Waals surface area contributed by atoms with Gasteiger partial charge in [0, 0.05) is 6.92 Å². The van der Waals surface area contributed by atoms with Gasteiger partial charge < -0.3 is 0 Å². The van der Waals surface area contributed by atoms with Gasteiger partial charge in [0.1, 0.15) is 0 Å². The fourth-order valence-electron chi connectivity index (χ4n) is 1.17. The normalized spacial score (nSPS) is 11.4. The number of halogens is 2. The van der Waals surface area contributed by atoms with Crippen molar-refractivity contribution < 1.29 is 4.79 Å². The molecule has 1 aromatic rings. The lowest BCUT2D eigenvalue weighted by molar-refractivity contribution is -0.118. The molecule has 0 radical (unpaired) electrons. The number of carbonyl (C=O) groups excluding carboxylic acids is 1. The van der Waals surface area contributed by atoms with Crippen molar-refractivity contribution in [3.63, 3.8) is 0 Å². The van der Waals surface area contributed by atoms with Crippen LogP contribution in [0.25, 0.3) is 0 Å². The molecule has 0 aliphatic carbocycles. The van der Waals surface area contributed by atoms with Crippen LogP contribution in [0, 0.1) is 0 Å². The molecule has 0 aliphatic rings. The average molecular weight is 259 g/mol. The summed E-state index contributed by atoms with van der Waals surface area (Å²) in [6.45, 7) is 3.36. The van der Waals surface area contributed by atoms with E-state index in [9.17, 15) is 4.79 Å². The number of amides is 1. The molecule has 0 bridgehead atoms. The van der Waals surface area contributed by atoms with Crippen molar-refractivity contribution in [3.05, 3.63) is 33.8 Å². The molecule has 5 heteroatoms. The minimum Gasteiger partial charge on any atom is -0.274 e. The maximum absolute atomic E-state index is 10.8. The first kappa shape index (κ1) is 13.0. The molecule has 0 aromatic heterocycles. The van der Waals surface area contributed by atoms with Gasteiger partial charge in [0.05, 0.1) is 15.8 Å². The highest BCUT2D eigenvalue weighted by Gasteiger charge is 2.05. The van der Waals surface area contributed by atoms with Crippen LogP contribution in [-0.2, 0) is 4.79 Å². The molecule has 1 rings (SSSR count). The first-order valence-electron chi connectivity index (χ1n) is 4.83. The van der Waals surface area contributed by atoms with Gasteiger partial charge in [0.25, 0.3) is 0 Å². The van der Waals surface area contributed by atoms with Crippen LogP contribution in [-0.4, -0.2) is 11.6 Å². The third-order valence-electron chi connectivity index (χ3n) is 1.94. The second-order valence-electron chi connectivity index (χ2n) is 3.21. The summed E-state index contributed by atoms with van der Waals surface area (Å²) in [6, 6.07) is 5.25. The van der Waals surface area contributed by atoms with Gasteiger partial charge in [-0.15, -0.1) is 0 Å². The van der Waals surface area contributed by atoms with Gasteiger partial charge in [-0.2, -0.15) is 5.10 Å². The van der Waals surface area contributed by atoms with Crippen molar-refractivity contribution >= 4 is 34.8 Å². The highest BCUT2D eigenvalue weighted by molar-refractivity contribution is 6.42. The second-order valence-corrected chi connectivity index (χ2v) is 4.02. The van der Waals surface area contributed by atoms with Crippen LogP contribution in [0.2, 0.25) is 10.0 Å². The van der Waals surface area contributed by atoms with Crippen molar-refractivity contribution in [1.29, 1.82) is 0 Å². The Morgan fingerprint density at radius 1 is 1.38 bits per heavy atom. The van der Waals surface area contributed by atoms with E-state index in [1.807, 2.05) is 13.0 Å². The predicted octanol–water partition coefficient (Wildman–Crippen LogP) is 3.24. The Labute approximate surface area is 104 Å². The zero-order chi connectivity index (χ0) is 12.1. The molecule has 0 spiro atoms. The molecule has 1 N–H and O–H groups in total. The van der Waals surface area contributed by atoms with Gasteiger partial charge in [0.15, 0.2) is 0 Å². The van der Waals surface area contributed by atoms with Gasteiger partial charge in [-0.05, 0) is 24.1 Å². The van der Waals surface area contributed by atoms with Crippen molar-refractivity contribution in [1.82, 2.24) is 5.43 Å². The Morgan fingerprint density at radius 2 is 2.06 bits per heavy atom. The van der Waals surface area contributed by atoms with Crippen molar-refractivity contribution in [3.8, 4) is 0 Å². The minimum atomic E-state index is -0.203. The highest BCUT2D eigenvalue weighted by Crippen LogP contribution is 2.23. The van der Waals surface area contributed by atoms with E-state index in [1.54, 1.807) is 12.1 Å². The fraction of sp³-hybridized carbons (Fsp3) is 0.273. The number of carbonyl (C=O) groups is 1. The van der Waals surface area contributed by atoms with E-state index in [1.165, 1.54) is 6.92 Å². The van der Waals surface area contributed by atoms with Crippen LogP contribution in [0.1, 0.15) is 25.8 Å². The van der Waals surface area contributed by atoms with E-state index in [4.69, 9.17) is 23.2 Å². The van der Waals surface area contributed by atoms with E-state index in [0.717, 1.165) is 11.3 Å². The molecule has 1 aromatic carbocycles. The summed E-state index contributed by atoms with van der Waals surface area (Å²) in [6.07, 6.45) is 0.693. The zero-order valence-electron chi connectivity index (χ0n) is 9.05. The van der Waals surface area contributed by atoms with Crippen molar-refractivity contribution in [2.45, 2.75) is 20.3 Å². The maximum atomic E-state index is 10.8. The molecule has 0 aliphatic heterocycles. The molecule has 0 unspecified atom stereocenters. The highest BCUT2D eigenvalue weighted by atomic mass is 35.5. The van der Waals surface area contributed by atoms with Crippen LogP contribution >= 0.6 is 23.2 Å². The summed E-state index contributed by atoms with van der Waals surface area (Å²) >= 11 is 11.7. The largest absolute Gasteiger partial charge is 0.274 e. The van der Waals surface area contributed by atoms with E-state index < -0.39 is 0 Å². The molecule has 3 nitrogen and oxygen atoms in total. The average Bonchev–Trinajstić information content (AvgIpc) is 2.23. The van der Waals surface area contributed by atoms with E-state index in [-0.39, 0.29) is 5.91 Å². The standard InChI is InChI=1S/C11H12Cl2N2O/c1-3-11(15-14-7(2)16)8-4-5-9(12)10(13)6-8/h4-6H,3H2,1-2H3,(H,14,16)/b15-11-. The molecule has 0 atom stereocenters. The van der Waals surface area contributed by atoms with E-state index in [2.05, 4.69) is 10.5 Å². The predicted molar refractivity (Wildman–Crippen MR) is 67.1 cm³/mol. The van der Waals surface area contributed by atoms with E-state index >= 15 is 0 Å². The number of hydrogen-bond donors (Lipinski definition) is 1. The second kappa shape index (κ2) is 5.87. The lowest BCUT2D eigenvalue weighted by Gasteiger charge is -2.05. The summed E-state index contributed by atoms with van der Waals surface area (Å²) in [5, 5.41) is 4.97. The van der Waals surface area contributed by atoms with Crippen molar-refractivity contribution in [2.75, 3.05) is 0 Å². The molecule has 86 valence electrons. The Morgan fingerprint density at radius 3 is 2.56 bits per heavy atom. The number of rotatable bonds is 3. The quantitative estimate of drug-likeness (QED) is 0.657. The van der Waals surface area contributed by atoms with Gasteiger partial charge >= 0.3 is 0 Å². The number of benzene rings is 1. The smallest absolute Gasteiger partial charge is 0.236 e. The molecular weight excluding hydrogens is 247 g/mol. The SMILES string of the molecule is CC/C(=N/NC(C)=O)c1ccc(Cl)c(Cl)c1. The number of nitrogens with one attached hydrogen (secondary N) is 1. The van der Waals surface area contributed by atoms with Crippen molar-refractivity contribution in [2.24, 2.45) is 5.10 Å². The summed E-state index contributed by atoms with van der Waals surface area (Å²) < 4.78 is 0. The van der Waals surface area contributed by atoms with Gasteiger partial charge in [0.2, 0.25) is 5.91 Å². The molecule has 0 saturated heterocycles. The lowest BCUT2D eigenvalue weighted by atomic mass is 10.1. The first-order chi connectivity index (χ1) is 7.54. The Kier molecular flexibility index (Phi) is 4.77. The van der Waals surface area contributed by atoms with Crippen LogP contribution in [0.3, 0.4) is 0 Å². The zero-order valence-corrected chi connectivity index (χ0v) is 10.6. The van der Waals surface area contributed by atoms with Crippen LogP contribution in [0.4, 0.5) is 0 Å². The summed E-state index contributed by atoms with van der Waals surface area (Å²) in [5.41, 5.74) is 4.01. The van der Waals surface area contributed by atoms with E-state index in [0.29, 0.717) is 16.5 Å². The summed E-state index contributed by atoms with van der Waals surface area (Å²) in [7, 11) is 0. The number of hydrogen-bond acceptors (Lipinski definition) is 2. The summed E-state index contributed by atoms with van der Waals surface area (Å²) in [4.78, 5) is 10.8. The first-order valence-corrected chi connectivity index (χ1v) is 5.58. The number of nitrogens with zero attached hydrogens (tertiary/aromatic N) is 1. The molecule has 0 saturated carbocycles. The third-order valence-corrected chi connectivity index (χ3v) is 2.68. The molecular formula is C11H12Cl2N2O. The third kappa shape index (κ3) is 3.51. The molecule has 16 heavy (non-hydrogen) atoms. The minimum absolute atomic E-state index is 0.203. The summed E-state index contributed by atoms with van der Waals surface area (Å²) in [5.74, 6) is -0.203. The van der Waals surface area contributed by atoms with Crippen LogP contribution in [0.15, 0.2) is 23.3 Å². The fourth-order valence-corrected chi connectivity index (χ4v) is 1.47. The van der Waals surface area contributed by atoms with Crippen LogP contribution in [0.5, 0.6) is 0 Å².